The van der Waals surface area contributed by atoms with Crippen LogP contribution in [0.3, 0.4) is 0 Å². The van der Waals surface area contributed by atoms with E-state index in [9.17, 15) is 10.2 Å². The van der Waals surface area contributed by atoms with Crippen molar-refractivity contribution in [1.82, 2.24) is 0 Å². The van der Waals surface area contributed by atoms with Crippen molar-refractivity contribution in [2.45, 2.75) is 71.4 Å². The van der Waals surface area contributed by atoms with Gasteiger partial charge < -0.3 is 15.9 Å². The van der Waals surface area contributed by atoms with E-state index in [-0.39, 0.29) is 17.9 Å². The van der Waals surface area contributed by atoms with Crippen molar-refractivity contribution in [3.05, 3.63) is 35.9 Å². The van der Waals surface area contributed by atoms with Crippen molar-refractivity contribution in [3.63, 3.8) is 0 Å². The summed E-state index contributed by atoms with van der Waals surface area (Å²) in [6.45, 7) is 10.9. The standard InChI is InChI=1S/C20H35NO2/c1-6-15(2)19(3,4)13-18(16-10-8-7-9-11-16)20(5,21)12-17(23)14-22/h7-11,15,17-18,22-23H,6,12-14,21H2,1-5H3. The van der Waals surface area contributed by atoms with Crippen LogP contribution in [0.4, 0.5) is 0 Å². The fourth-order valence-electron chi connectivity index (χ4n) is 3.41. The Kier molecular flexibility index (Phi) is 7.25. The van der Waals surface area contributed by atoms with Gasteiger partial charge in [-0.2, -0.15) is 0 Å². The van der Waals surface area contributed by atoms with Crippen molar-refractivity contribution in [2.24, 2.45) is 17.1 Å². The van der Waals surface area contributed by atoms with Crippen molar-refractivity contribution < 1.29 is 10.2 Å². The summed E-state index contributed by atoms with van der Waals surface area (Å²) >= 11 is 0. The van der Waals surface area contributed by atoms with Crippen molar-refractivity contribution >= 4 is 0 Å². The second-order valence-corrected chi connectivity index (χ2v) is 8.01. The predicted molar refractivity (Wildman–Crippen MR) is 97.3 cm³/mol. The molecule has 3 heteroatoms. The zero-order valence-electron chi connectivity index (χ0n) is 15.4. The minimum absolute atomic E-state index is 0.133. The monoisotopic (exact) mass is 321 g/mol. The molecule has 1 aromatic rings. The molecule has 0 aliphatic rings. The highest BCUT2D eigenvalue weighted by atomic mass is 16.3. The third-order valence-electron chi connectivity index (χ3n) is 5.56. The second-order valence-electron chi connectivity index (χ2n) is 8.01. The van der Waals surface area contributed by atoms with Crippen LogP contribution < -0.4 is 5.73 Å². The summed E-state index contributed by atoms with van der Waals surface area (Å²) in [5.74, 6) is 0.723. The van der Waals surface area contributed by atoms with E-state index in [1.165, 1.54) is 5.56 Å². The lowest BCUT2D eigenvalue weighted by molar-refractivity contribution is 0.0587. The average Bonchev–Trinajstić information content (AvgIpc) is 2.51. The number of aliphatic hydroxyl groups excluding tert-OH is 2. The maximum atomic E-state index is 9.91. The highest BCUT2D eigenvalue weighted by molar-refractivity contribution is 5.24. The number of hydrogen-bond donors (Lipinski definition) is 3. The molecule has 4 N–H and O–H groups in total. The lowest BCUT2D eigenvalue weighted by atomic mass is 9.65. The molecule has 0 saturated heterocycles. The van der Waals surface area contributed by atoms with Gasteiger partial charge in [0.15, 0.2) is 0 Å². The van der Waals surface area contributed by atoms with Gasteiger partial charge in [-0.05, 0) is 36.7 Å². The normalized spacial score (nSPS) is 19.0. The summed E-state index contributed by atoms with van der Waals surface area (Å²) in [5, 5.41) is 19.1. The van der Waals surface area contributed by atoms with Gasteiger partial charge in [0.05, 0.1) is 12.7 Å². The maximum Gasteiger partial charge on any atom is 0.0788 e. The van der Waals surface area contributed by atoms with E-state index >= 15 is 0 Å². The van der Waals surface area contributed by atoms with Crippen LogP contribution in [0, 0.1) is 11.3 Å². The highest BCUT2D eigenvalue weighted by Crippen LogP contribution is 2.43. The van der Waals surface area contributed by atoms with E-state index < -0.39 is 11.6 Å². The van der Waals surface area contributed by atoms with Crippen LogP contribution in [-0.2, 0) is 0 Å². The number of rotatable bonds is 9. The molecule has 0 saturated carbocycles. The van der Waals surface area contributed by atoms with Crippen molar-refractivity contribution in [3.8, 4) is 0 Å². The summed E-state index contributed by atoms with van der Waals surface area (Å²) in [5.41, 5.74) is 7.43. The SMILES string of the molecule is CCC(C)C(C)(C)CC(c1ccccc1)C(C)(N)CC(O)CO. The van der Waals surface area contributed by atoms with Crippen LogP contribution in [-0.4, -0.2) is 28.5 Å². The summed E-state index contributed by atoms with van der Waals surface area (Å²) < 4.78 is 0. The molecule has 132 valence electrons. The van der Waals surface area contributed by atoms with Gasteiger partial charge in [0, 0.05) is 11.5 Å². The highest BCUT2D eigenvalue weighted by Gasteiger charge is 2.38. The molecule has 23 heavy (non-hydrogen) atoms. The van der Waals surface area contributed by atoms with Crippen LogP contribution in [0.15, 0.2) is 30.3 Å². The molecule has 4 atom stereocenters. The quantitative estimate of drug-likeness (QED) is 0.650. The minimum Gasteiger partial charge on any atom is -0.394 e. The average molecular weight is 322 g/mol. The Morgan fingerprint density at radius 3 is 2.13 bits per heavy atom. The molecule has 0 radical (unpaired) electrons. The fraction of sp³-hybridized carbons (Fsp3) is 0.700. The summed E-state index contributed by atoms with van der Waals surface area (Å²) in [6, 6.07) is 10.3. The molecule has 0 aliphatic carbocycles. The predicted octanol–water partition coefficient (Wildman–Crippen LogP) is 3.69. The Morgan fingerprint density at radius 1 is 1.09 bits per heavy atom. The third kappa shape index (κ3) is 5.59. The van der Waals surface area contributed by atoms with Crippen LogP contribution in [0.2, 0.25) is 0 Å². The molecule has 0 bridgehead atoms. The molecule has 0 aliphatic heterocycles. The molecule has 1 aromatic carbocycles. The van der Waals surface area contributed by atoms with Gasteiger partial charge in [-0.1, -0.05) is 64.4 Å². The van der Waals surface area contributed by atoms with Gasteiger partial charge >= 0.3 is 0 Å². The minimum atomic E-state index is -0.775. The number of aliphatic hydroxyl groups is 2. The van der Waals surface area contributed by atoms with E-state index in [4.69, 9.17) is 5.73 Å². The summed E-state index contributed by atoms with van der Waals surface area (Å²) in [4.78, 5) is 0. The molecule has 0 spiro atoms. The molecular formula is C20H35NO2. The molecular weight excluding hydrogens is 286 g/mol. The Balaban J connectivity index is 3.13. The molecule has 1 rings (SSSR count). The first kappa shape index (κ1) is 20.1. The Morgan fingerprint density at radius 2 is 1.65 bits per heavy atom. The second kappa shape index (κ2) is 8.27. The molecule has 0 amide bonds. The van der Waals surface area contributed by atoms with E-state index in [0.29, 0.717) is 12.3 Å². The lowest BCUT2D eigenvalue weighted by Crippen LogP contribution is -2.47. The molecule has 0 fully saturated rings. The topological polar surface area (TPSA) is 66.5 Å². The zero-order valence-corrected chi connectivity index (χ0v) is 15.4. The first-order valence-electron chi connectivity index (χ1n) is 8.76. The van der Waals surface area contributed by atoms with Gasteiger partial charge in [0.25, 0.3) is 0 Å². The fourth-order valence-corrected chi connectivity index (χ4v) is 3.41. The van der Waals surface area contributed by atoms with E-state index in [1.807, 2.05) is 25.1 Å². The van der Waals surface area contributed by atoms with Crippen molar-refractivity contribution in [1.29, 1.82) is 0 Å². The third-order valence-corrected chi connectivity index (χ3v) is 5.56. The number of benzene rings is 1. The van der Waals surface area contributed by atoms with Gasteiger partial charge in [-0.3, -0.25) is 0 Å². The molecule has 0 heterocycles. The van der Waals surface area contributed by atoms with Crippen LogP contribution in [0.1, 0.15) is 65.4 Å². The van der Waals surface area contributed by atoms with E-state index in [2.05, 4.69) is 39.8 Å². The largest absolute Gasteiger partial charge is 0.394 e. The molecule has 4 unspecified atom stereocenters. The van der Waals surface area contributed by atoms with Gasteiger partial charge in [0.1, 0.15) is 0 Å². The van der Waals surface area contributed by atoms with Gasteiger partial charge in [-0.25, -0.2) is 0 Å². The smallest absolute Gasteiger partial charge is 0.0788 e. The zero-order chi connectivity index (χ0) is 17.7. The number of nitrogens with two attached hydrogens (primary N) is 1. The number of hydrogen-bond acceptors (Lipinski definition) is 3. The molecule has 0 aromatic heterocycles. The van der Waals surface area contributed by atoms with Crippen LogP contribution in [0.25, 0.3) is 0 Å². The van der Waals surface area contributed by atoms with E-state index in [0.717, 1.165) is 12.8 Å². The Hall–Kier alpha value is -0.900. The Bertz CT molecular complexity index is 456. The van der Waals surface area contributed by atoms with Crippen LogP contribution in [0.5, 0.6) is 0 Å². The maximum absolute atomic E-state index is 9.91. The van der Waals surface area contributed by atoms with Gasteiger partial charge in [-0.15, -0.1) is 0 Å². The van der Waals surface area contributed by atoms with Crippen LogP contribution >= 0.6 is 0 Å². The first-order valence-corrected chi connectivity index (χ1v) is 8.76. The summed E-state index contributed by atoms with van der Waals surface area (Å²) in [6.07, 6.45) is 1.70. The molecule has 3 nitrogen and oxygen atoms in total. The van der Waals surface area contributed by atoms with Gasteiger partial charge in [0.2, 0.25) is 0 Å². The van der Waals surface area contributed by atoms with E-state index in [1.54, 1.807) is 0 Å². The lowest BCUT2D eigenvalue weighted by Gasteiger charge is -2.42. The Labute approximate surface area is 141 Å². The van der Waals surface area contributed by atoms with Crippen molar-refractivity contribution in [2.75, 3.05) is 6.61 Å². The first-order chi connectivity index (χ1) is 10.6. The summed E-state index contributed by atoms with van der Waals surface area (Å²) in [7, 11) is 0.